The average Bonchev–Trinajstić information content (AvgIpc) is 3.34. The summed E-state index contributed by atoms with van der Waals surface area (Å²) >= 11 is 0. The van der Waals surface area contributed by atoms with E-state index >= 15 is 0 Å². The summed E-state index contributed by atoms with van der Waals surface area (Å²) in [7, 11) is 0. The molecule has 3 N–H and O–H groups in total. The first-order valence-electron chi connectivity index (χ1n) is 31.0. The van der Waals surface area contributed by atoms with Crippen molar-refractivity contribution in [1.29, 1.82) is 0 Å². The molecule has 0 aromatic rings. The molecule has 1 amide bonds. The Bertz CT molecular complexity index is 1020. The van der Waals surface area contributed by atoms with Crippen molar-refractivity contribution in [2.24, 2.45) is 0 Å². The quantitative estimate of drug-likeness (QED) is 0.0321. The molecule has 2 atom stereocenters. The van der Waals surface area contributed by atoms with Gasteiger partial charge in [-0.05, 0) is 32.1 Å². The van der Waals surface area contributed by atoms with Crippen LogP contribution in [0.25, 0.3) is 0 Å². The number of allylic oxidation sites excluding steroid dienone is 1. The zero-order valence-electron chi connectivity index (χ0n) is 46.1. The van der Waals surface area contributed by atoms with Crippen LogP contribution in [0.1, 0.15) is 348 Å². The van der Waals surface area contributed by atoms with E-state index in [2.05, 4.69) is 19.2 Å². The number of unbranched alkanes of at least 4 members (excludes halogenated alkanes) is 47. The zero-order chi connectivity index (χ0) is 49.3. The number of carbonyl (C=O) groups is 2. The van der Waals surface area contributed by atoms with Crippen LogP contribution < -0.4 is 5.32 Å². The van der Waals surface area contributed by atoms with Gasteiger partial charge in [-0.2, -0.15) is 0 Å². The van der Waals surface area contributed by atoms with Gasteiger partial charge in [0.2, 0.25) is 5.91 Å². The number of aliphatic hydroxyl groups excluding tert-OH is 2. The Balaban J connectivity index is 3.36. The second kappa shape index (κ2) is 58.2. The fourth-order valence-electron chi connectivity index (χ4n) is 9.81. The first-order chi connectivity index (χ1) is 33.5. The number of ether oxygens (including phenoxy) is 1. The van der Waals surface area contributed by atoms with Crippen LogP contribution >= 0.6 is 0 Å². The maximum Gasteiger partial charge on any atom is 0.305 e. The molecule has 6 heteroatoms. The zero-order valence-corrected chi connectivity index (χ0v) is 46.1. The molecule has 0 aromatic heterocycles. The van der Waals surface area contributed by atoms with E-state index in [1.54, 1.807) is 6.08 Å². The Morgan fingerprint density at radius 1 is 0.397 bits per heavy atom. The number of hydrogen-bond donors (Lipinski definition) is 3. The summed E-state index contributed by atoms with van der Waals surface area (Å²) in [6, 6.07) is -0.626. The van der Waals surface area contributed by atoms with Crippen LogP contribution in [0.4, 0.5) is 0 Å². The summed E-state index contributed by atoms with van der Waals surface area (Å²) in [5.74, 6) is -0.0500. The molecular weight excluding hydrogens is 839 g/mol. The standard InChI is InChI=1S/C62H121NO5/c1-3-5-7-9-11-13-15-17-18-28-32-36-40-44-48-52-56-62(67)68-57-53-49-45-41-37-33-29-26-24-22-20-19-21-23-25-27-31-35-39-43-47-51-55-61(66)63-59(58-64)60(65)54-50-46-42-38-34-30-16-14-12-10-8-6-4-2/h50,54,59-60,64-65H,3-49,51-53,55-58H2,1-2H3,(H,63,66)/b54-50+. The van der Waals surface area contributed by atoms with Crippen LogP contribution in [0.3, 0.4) is 0 Å². The number of esters is 1. The molecule has 0 aromatic carbocycles. The molecule has 2 unspecified atom stereocenters. The fourth-order valence-corrected chi connectivity index (χ4v) is 9.81. The maximum atomic E-state index is 12.4. The molecule has 0 saturated carbocycles. The van der Waals surface area contributed by atoms with Crippen LogP contribution in [0.5, 0.6) is 0 Å². The van der Waals surface area contributed by atoms with Gasteiger partial charge in [0.1, 0.15) is 0 Å². The second-order valence-corrected chi connectivity index (χ2v) is 21.4. The van der Waals surface area contributed by atoms with Crippen LogP contribution in [0, 0.1) is 0 Å². The first-order valence-corrected chi connectivity index (χ1v) is 31.0. The van der Waals surface area contributed by atoms with E-state index < -0.39 is 12.1 Å². The molecule has 0 heterocycles. The number of amides is 1. The van der Waals surface area contributed by atoms with Crippen molar-refractivity contribution < 1.29 is 24.5 Å². The van der Waals surface area contributed by atoms with Gasteiger partial charge in [0, 0.05) is 12.8 Å². The van der Waals surface area contributed by atoms with Gasteiger partial charge in [0.05, 0.1) is 25.4 Å². The smallest absolute Gasteiger partial charge is 0.305 e. The number of carbonyl (C=O) groups excluding carboxylic acids is 2. The Kier molecular flexibility index (Phi) is 57.0. The van der Waals surface area contributed by atoms with Crippen molar-refractivity contribution in [3.63, 3.8) is 0 Å². The lowest BCUT2D eigenvalue weighted by Gasteiger charge is -2.20. The average molecular weight is 961 g/mol. The van der Waals surface area contributed by atoms with Gasteiger partial charge in [-0.1, -0.05) is 315 Å². The molecule has 68 heavy (non-hydrogen) atoms. The van der Waals surface area contributed by atoms with Crippen molar-refractivity contribution in [3.8, 4) is 0 Å². The molecule has 0 rings (SSSR count). The van der Waals surface area contributed by atoms with Crippen molar-refractivity contribution in [1.82, 2.24) is 5.32 Å². The predicted octanol–water partition coefficient (Wildman–Crippen LogP) is 19.2. The summed E-state index contributed by atoms with van der Waals surface area (Å²) in [5.41, 5.74) is 0. The summed E-state index contributed by atoms with van der Waals surface area (Å²) in [4.78, 5) is 24.5. The summed E-state index contributed by atoms with van der Waals surface area (Å²) in [6.45, 7) is 4.92. The highest BCUT2D eigenvalue weighted by Gasteiger charge is 2.18. The maximum absolute atomic E-state index is 12.4. The molecule has 0 aliphatic carbocycles. The van der Waals surface area contributed by atoms with Crippen LogP contribution in [-0.4, -0.2) is 47.4 Å². The molecule has 6 nitrogen and oxygen atoms in total. The number of hydrogen-bond acceptors (Lipinski definition) is 5. The fraction of sp³-hybridized carbons (Fsp3) is 0.935. The minimum absolute atomic E-state index is 0.0167. The number of aliphatic hydroxyl groups is 2. The summed E-state index contributed by atoms with van der Waals surface area (Å²) < 4.78 is 5.49. The number of nitrogens with one attached hydrogen (secondary N) is 1. The molecule has 0 aliphatic rings. The molecule has 0 spiro atoms. The van der Waals surface area contributed by atoms with Gasteiger partial charge in [-0.15, -0.1) is 0 Å². The van der Waals surface area contributed by atoms with Gasteiger partial charge in [-0.25, -0.2) is 0 Å². The predicted molar refractivity (Wildman–Crippen MR) is 297 cm³/mol. The molecule has 0 aliphatic heterocycles. The first kappa shape index (κ1) is 66.6. The van der Waals surface area contributed by atoms with Crippen LogP contribution in [0.2, 0.25) is 0 Å². The second-order valence-electron chi connectivity index (χ2n) is 21.4. The Hall–Kier alpha value is -1.40. The largest absolute Gasteiger partial charge is 0.466 e. The molecule has 0 saturated heterocycles. The lowest BCUT2D eigenvalue weighted by molar-refractivity contribution is -0.143. The van der Waals surface area contributed by atoms with Gasteiger partial charge >= 0.3 is 5.97 Å². The molecule has 0 bridgehead atoms. The summed E-state index contributed by atoms with van der Waals surface area (Å²) in [5, 5.41) is 23.1. The van der Waals surface area contributed by atoms with E-state index in [9.17, 15) is 19.8 Å². The monoisotopic (exact) mass is 960 g/mol. The van der Waals surface area contributed by atoms with Gasteiger partial charge in [-0.3, -0.25) is 9.59 Å². The lowest BCUT2D eigenvalue weighted by atomic mass is 10.0. The van der Waals surface area contributed by atoms with Crippen molar-refractivity contribution in [2.75, 3.05) is 13.2 Å². The van der Waals surface area contributed by atoms with E-state index in [1.807, 2.05) is 6.08 Å². The summed E-state index contributed by atoms with van der Waals surface area (Å²) in [6.07, 6.45) is 69.7. The normalized spacial score (nSPS) is 12.6. The van der Waals surface area contributed by atoms with Crippen LogP contribution in [0.15, 0.2) is 12.2 Å². The Morgan fingerprint density at radius 3 is 1.00 bits per heavy atom. The van der Waals surface area contributed by atoms with Gasteiger partial charge < -0.3 is 20.3 Å². The van der Waals surface area contributed by atoms with Crippen molar-refractivity contribution in [3.05, 3.63) is 12.2 Å². The SMILES string of the molecule is CCCCCCCCCCCCC/C=C/C(O)C(CO)NC(=O)CCCCCCCCCCCCCCCCCCCCCCCCOC(=O)CCCCCCCCCCCCCCCCCC. The molecular formula is C62H121NO5. The van der Waals surface area contributed by atoms with Crippen molar-refractivity contribution >= 4 is 11.9 Å². The highest BCUT2D eigenvalue weighted by molar-refractivity contribution is 5.76. The van der Waals surface area contributed by atoms with Gasteiger partial charge in [0.15, 0.2) is 0 Å². The molecule has 0 radical (unpaired) electrons. The third-order valence-electron chi connectivity index (χ3n) is 14.6. The minimum Gasteiger partial charge on any atom is -0.466 e. The van der Waals surface area contributed by atoms with E-state index in [1.165, 1.54) is 283 Å². The van der Waals surface area contributed by atoms with E-state index in [-0.39, 0.29) is 18.5 Å². The van der Waals surface area contributed by atoms with Gasteiger partial charge in [0.25, 0.3) is 0 Å². The lowest BCUT2D eigenvalue weighted by Crippen LogP contribution is -2.45. The third-order valence-corrected chi connectivity index (χ3v) is 14.6. The topological polar surface area (TPSA) is 95.9 Å². The van der Waals surface area contributed by atoms with E-state index in [0.717, 1.165) is 38.5 Å². The van der Waals surface area contributed by atoms with E-state index in [4.69, 9.17) is 4.74 Å². The highest BCUT2D eigenvalue weighted by Crippen LogP contribution is 2.18. The third kappa shape index (κ3) is 53.9. The minimum atomic E-state index is -0.843. The Labute approximate surface area is 425 Å². The molecule has 404 valence electrons. The highest BCUT2D eigenvalue weighted by atomic mass is 16.5. The Morgan fingerprint density at radius 2 is 0.676 bits per heavy atom. The number of rotatable bonds is 58. The van der Waals surface area contributed by atoms with Crippen molar-refractivity contribution in [2.45, 2.75) is 360 Å². The molecule has 0 fully saturated rings. The van der Waals surface area contributed by atoms with E-state index in [0.29, 0.717) is 19.4 Å². The van der Waals surface area contributed by atoms with Crippen LogP contribution in [-0.2, 0) is 14.3 Å².